The van der Waals surface area contributed by atoms with Crippen molar-refractivity contribution in [2.24, 2.45) is 5.73 Å². The number of fused-ring (bicyclic) bond motifs is 2. The first kappa shape index (κ1) is 17.5. The van der Waals surface area contributed by atoms with Gasteiger partial charge < -0.3 is 15.5 Å². The van der Waals surface area contributed by atoms with Gasteiger partial charge in [0.25, 0.3) is 0 Å². The number of primary amides is 1. The lowest BCUT2D eigenvalue weighted by atomic mass is 9.87. The van der Waals surface area contributed by atoms with Crippen molar-refractivity contribution in [3.63, 3.8) is 0 Å². The van der Waals surface area contributed by atoms with Crippen LogP contribution in [0.1, 0.15) is 37.3 Å². The van der Waals surface area contributed by atoms with E-state index in [0.29, 0.717) is 12.8 Å². The molecule has 3 heterocycles. The molecule has 26 heavy (non-hydrogen) atoms. The molecule has 1 aromatic rings. The van der Waals surface area contributed by atoms with E-state index in [1.54, 1.807) is 0 Å². The average Bonchev–Trinajstić information content (AvgIpc) is 3.21. The smallest absolute Gasteiger partial charge is 0.245 e. The Balaban J connectivity index is 1.68. The van der Waals surface area contributed by atoms with E-state index in [-0.39, 0.29) is 23.9 Å². The molecule has 0 aromatic heterocycles. The van der Waals surface area contributed by atoms with Crippen LogP contribution in [0.4, 0.5) is 0 Å². The molecule has 3 aliphatic heterocycles. The van der Waals surface area contributed by atoms with Gasteiger partial charge in [0, 0.05) is 32.2 Å². The van der Waals surface area contributed by atoms with E-state index in [0.717, 1.165) is 44.6 Å². The SMILES string of the molecule is CN1CCN(C(C(=O)N2C3CCC2(C(N)=O)CC3)c2ccccc2)CC1. The van der Waals surface area contributed by atoms with Crippen molar-refractivity contribution in [3.8, 4) is 0 Å². The van der Waals surface area contributed by atoms with E-state index in [1.165, 1.54) is 0 Å². The molecule has 0 spiro atoms. The van der Waals surface area contributed by atoms with Gasteiger partial charge in [-0.3, -0.25) is 14.5 Å². The molecule has 3 aliphatic rings. The summed E-state index contributed by atoms with van der Waals surface area (Å²) in [6.07, 6.45) is 3.20. The summed E-state index contributed by atoms with van der Waals surface area (Å²) in [5.41, 5.74) is 6.03. The Kier molecular flexibility index (Phi) is 4.49. The fourth-order valence-corrected chi connectivity index (χ4v) is 5.04. The van der Waals surface area contributed by atoms with Gasteiger partial charge >= 0.3 is 0 Å². The minimum absolute atomic E-state index is 0.0551. The predicted octanol–water partition coefficient (Wildman–Crippen LogP) is 0.984. The second-order valence-corrected chi connectivity index (χ2v) is 7.99. The van der Waals surface area contributed by atoms with Crippen molar-refractivity contribution in [1.29, 1.82) is 0 Å². The fraction of sp³-hybridized carbons (Fsp3) is 0.600. The molecule has 2 N–H and O–H groups in total. The zero-order valence-corrected chi connectivity index (χ0v) is 15.4. The van der Waals surface area contributed by atoms with Gasteiger partial charge in [0.15, 0.2) is 0 Å². The minimum Gasteiger partial charge on any atom is -0.368 e. The standard InChI is InChI=1S/C20H28N4O2/c1-22-11-13-23(14-12-22)17(15-5-3-2-4-6-15)18(25)24-16-7-9-20(24,10-8-16)19(21)26/h2-6,16-17H,7-14H2,1H3,(H2,21,26). The van der Waals surface area contributed by atoms with Crippen molar-refractivity contribution in [1.82, 2.24) is 14.7 Å². The number of piperazine rings is 1. The van der Waals surface area contributed by atoms with Crippen LogP contribution in [0.3, 0.4) is 0 Å². The van der Waals surface area contributed by atoms with Gasteiger partial charge in [0.1, 0.15) is 11.6 Å². The zero-order valence-electron chi connectivity index (χ0n) is 15.4. The van der Waals surface area contributed by atoms with Crippen LogP contribution in [-0.2, 0) is 9.59 Å². The van der Waals surface area contributed by atoms with E-state index in [9.17, 15) is 9.59 Å². The molecule has 0 radical (unpaired) electrons. The Hall–Kier alpha value is -1.92. The number of rotatable bonds is 4. The quantitative estimate of drug-likeness (QED) is 0.873. The molecule has 1 aromatic carbocycles. The molecule has 4 rings (SSSR count). The number of hydrogen-bond donors (Lipinski definition) is 1. The molecule has 6 nitrogen and oxygen atoms in total. The second-order valence-electron chi connectivity index (χ2n) is 7.99. The maximum Gasteiger partial charge on any atom is 0.245 e. The normalized spacial score (nSPS) is 30.5. The highest BCUT2D eigenvalue weighted by Crippen LogP contribution is 2.48. The summed E-state index contributed by atoms with van der Waals surface area (Å²) in [5, 5.41) is 0. The van der Waals surface area contributed by atoms with Crippen molar-refractivity contribution < 1.29 is 9.59 Å². The first-order valence-corrected chi connectivity index (χ1v) is 9.63. The summed E-state index contributed by atoms with van der Waals surface area (Å²) < 4.78 is 0. The first-order valence-electron chi connectivity index (χ1n) is 9.63. The minimum atomic E-state index is -0.763. The molecule has 0 saturated carbocycles. The molecule has 2 amide bonds. The molecule has 3 saturated heterocycles. The molecule has 3 fully saturated rings. The number of likely N-dealkylation sites (N-methyl/N-ethyl adjacent to an activating group) is 1. The van der Waals surface area contributed by atoms with E-state index >= 15 is 0 Å². The Morgan fingerprint density at radius 3 is 2.27 bits per heavy atom. The van der Waals surface area contributed by atoms with Gasteiger partial charge in [-0.15, -0.1) is 0 Å². The number of carbonyl (C=O) groups excluding carboxylic acids is 2. The van der Waals surface area contributed by atoms with Gasteiger partial charge in [-0.05, 0) is 38.3 Å². The van der Waals surface area contributed by atoms with Crippen molar-refractivity contribution in [2.45, 2.75) is 43.3 Å². The number of carbonyl (C=O) groups is 2. The predicted molar refractivity (Wildman–Crippen MR) is 99.3 cm³/mol. The maximum atomic E-state index is 13.8. The average molecular weight is 356 g/mol. The monoisotopic (exact) mass is 356 g/mol. The Labute approximate surface area is 154 Å². The summed E-state index contributed by atoms with van der Waals surface area (Å²) in [7, 11) is 2.11. The Morgan fingerprint density at radius 1 is 1.08 bits per heavy atom. The van der Waals surface area contributed by atoms with E-state index < -0.39 is 5.54 Å². The molecule has 1 unspecified atom stereocenters. The fourth-order valence-electron chi connectivity index (χ4n) is 5.04. The largest absolute Gasteiger partial charge is 0.368 e. The third kappa shape index (κ3) is 2.72. The lowest BCUT2D eigenvalue weighted by molar-refractivity contribution is -0.147. The molecule has 2 bridgehead atoms. The molecule has 6 heteroatoms. The number of amides is 2. The number of nitrogens with zero attached hydrogens (tertiary/aromatic N) is 3. The van der Waals surface area contributed by atoms with Gasteiger partial charge in [0.05, 0.1) is 0 Å². The van der Waals surface area contributed by atoms with Crippen LogP contribution in [0, 0.1) is 0 Å². The second kappa shape index (κ2) is 6.67. The summed E-state index contributed by atoms with van der Waals surface area (Å²) in [4.78, 5) is 32.5. The summed E-state index contributed by atoms with van der Waals surface area (Å²) in [6.45, 7) is 3.59. The zero-order chi connectivity index (χ0) is 18.3. The van der Waals surface area contributed by atoms with Crippen LogP contribution >= 0.6 is 0 Å². The Morgan fingerprint density at radius 2 is 1.69 bits per heavy atom. The Bertz CT molecular complexity index is 676. The van der Waals surface area contributed by atoms with Gasteiger partial charge in [0.2, 0.25) is 11.8 Å². The van der Waals surface area contributed by atoms with Gasteiger partial charge in [-0.2, -0.15) is 0 Å². The summed E-state index contributed by atoms with van der Waals surface area (Å²) in [5.74, 6) is -0.282. The first-order chi connectivity index (χ1) is 12.5. The third-order valence-corrected chi connectivity index (χ3v) is 6.56. The number of nitrogens with two attached hydrogens (primary N) is 1. The summed E-state index contributed by atoms with van der Waals surface area (Å²) >= 11 is 0. The van der Waals surface area contributed by atoms with Crippen LogP contribution in [0.15, 0.2) is 30.3 Å². The highest BCUT2D eigenvalue weighted by atomic mass is 16.2. The van der Waals surface area contributed by atoms with Gasteiger partial charge in [-0.1, -0.05) is 30.3 Å². The van der Waals surface area contributed by atoms with Gasteiger partial charge in [-0.25, -0.2) is 0 Å². The van der Waals surface area contributed by atoms with Crippen LogP contribution in [0.25, 0.3) is 0 Å². The maximum absolute atomic E-state index is 13.8. The molecule has 140 valence electrons. The highest BCUT2D eigenvalue weighted by Gasteiger charge is 2.58. The lowest BCUT2D eigenvalue weighted by Gasteiger charge is -2.41. The van der Waals surface area contributed by atoms with Crippen LogP contribution in [0.5, 0.6) is 0 Å². The van der Waals surface area contributed by atoms with E-state index in [4.69, 9.17) is 5.73 Å². The highest BCUT2D eigenvalue weighted by molar-refractivity contribution is 5.94. The van der Waals surface area contributed by atoms with Crippen molar-refractivity contribution >= 4 is 11.8 Å². The topological polar surface area (TPSA) is 69.9 Å². The number of benzene rings is 1. The van der Waals surface area contributed by atoms with Crippen molar-refractivity contribution in [3.05, 3.63) is 35.9 Å². The van der Waals surface area contributed by atoms with Crippen LogP contribution in [-0.4, -0.2) is 71.3 Å². The molecular formula is C20H28N4O2. The third-order valence-electron chi connectivity index (χ3n) is 6.56. The van der Waals surface area contributed by atoms with Crippen LogP contribution < -0.4 is 5.73 Å². The summed E-state index contributed by atoms with van der Waals surface area (Å²) in [6, 6.07) is 9.81. The molecule has 1 atom stereocenters. The lowest BCUT2D eigenvalue weighted by Crippen LogP contribution is -2.58. The van der Waals surface area contributed by atoms with E-state index in [2.05, 4.69) is 16.8 Å². The van der Waals surface area contributed by atoms with Crippen LogP contribution in [0.2, 0.25) is 0 Å². The molecular weight excluding hydrogens is 328 g/mol. The van der Waals surface area contributed by atoms with Crippen molar-refractivity contribution in [2.75, 3.05) is 33.2 Å². The van der Waals surface area contributed by atoms with E-state index in [1.807, 2.05) is 35.2 Å². The molecule has 0 aliphatic carbocycles. The number of hydrogen-bond acceptors (Lipinski definition) is 4.